The maximum atomic E-state index is 4.91. The molecule has 1 nitrogen and oxygen atoms in total. The van der Waals surface area contributed by atoms with Crippen LogP contribution < -0.4 is 17.0 Å². The molecule has 0 aromatic heterocycles. The maximum Gasteiger partial charge on any atom is 2.00 e. The summed E-state index contributed by atoms with van der Waals surface area (Å²) in [5.74, 6) is 0. The van der Waals surface area contributed by atoms with Crippen LogP contribution in [0.5, 0.6) is 0 Å². The number of hydrogen-bond donors (Lipinski definition) is 0. The largest absolute Gasteiger partial charge is 2.00 e. The van der Waals surface area contributed by atoms with E-state index in [0.29, 0.717) is 6.61 Å². The Labute approximate surface area is 94.1 Å². The van der Waals surface area contributed by atoms with Gasteiger partial charge in [0.2, 0.25) is 0 Å². The third-order valence-corrected chi connectivity index (χ3v) is 1.08. The Morgan fingerprint density at radius 2 is 2.27 bits per heavy atom. The molecule has 0 saturated carbocycles. The van der Waals surface area contributed by atoms with Gasteiger partial charge >= 0.3 is 23.1 Å². The minimum atomic E-state index is 0. The van der Waals surface area contributed by atoms with Crippen LogP contribution in [0.4, 0.5) is 0 Å². The van der Waals surface area contributed by atoms with Gasteiger partial charge in [-0.25, -0.2) is 0 Å². The first-order chi connectivity index (χ1) is 4.43. The maximum absolute atomic E-state index is 4.91. The molecule has 3 heteroatoms. The fraction of sp³-hybridized carbons (Fsp3) is 0.250. The predicted octanol–water partition coefficient (Wildman–Crippen LogP) is -1.74. The van der Waals surface area contributed by atoms with Crippen LogP contribution in [-0.2, 0) is 11.3 Å². The summed E-state index contributed by atoms with van der Waals surface area (Å²) >= 11 is 0. The minimum absolute atomic E-state index is 0. The molecule has 0 aliphatic rings. The molecule has 11 heavy (non-hydrogen) atoms. The average Bonchev–Trinajstić information content (AvgIpc) is 1.91. The van der Waals surface area contributed by atoms with E-state index in [2.05, 4.69) is 6.07 Å². The van der Waals surface area contributed by atoms with Crippen LogP contribution in [0.25, 0.3) is 0 Å². The zero-order valence-corrected chi connectivity index (χ0v) is 9.51. The Balaban J connectivity index is 0. The third-order valence-electron chi connectivity index (χ3n) is 1.08. The number of methoxy groups -OCH3 is 1. The smallest absolute Gasteiger partial charge is 1.00 e. The molecule has 1 aromatic rings. The van der Waals surface area contributed by atoms with E-state index in [0.717, 1.165) is 0 Å². The van der Waals surface area contributed by atoms with E-state index in [1.165, 1.54) is 5.56 Å². The van der Waals surface area contributed by atoms with Crippen molar-refractivity contribution < 1.29 is 21.7 Å². The molecule has 0 radical (unpaired) electrons. The number of rotatable bonds is 2. The second-order valence-corrected chi connectivity index (χ2v) is 1.84. The van der Waals surface area contributed by atoms with Crippen molar-refractivity contribution in [3.8, 4) is 0 Å². The van der Waals surface area contributed by atoms with Crippen molar-refractivity contribution in [3.63, 3.8) is 0 Å². The normalized spacial score (nSPS) is 7.73. The monoisotopic (exact) mass is 224 g/mol. The summed E-state index contributed by atoms with van der Waals surface area (Å²) in [4.78, 5) is 0. The van der Waals surface area contributed by atoms with Crippen LogP contribution in [0.1, 0.15) is 5.56 Å². The summed E-state index contributed by atoms with van der Waals surface area (Å²) in [5.41, 5.74) is 1.17. The molecular formula is C8H9BrMgO. The van der Waals surface area contributed by atoms with Gasteiger partial charge in [0.05, 0.1) is 0 Å². The van der Waals surface area contributed by atoms with Crippen LogP contribution in [0.15, 0.2) is 24.3 Å². The molecule has 0 unspecified atom stereocenters. The second kappa shape index (κ2) is 8.52. The Hall–Kier alpha value is 0.426. The van der Waals surface area contributed by atoms with Gasteiger partial charge in [0.15, 0.2) is 0 Å². The summed E-state index contributed by atoms with van der Waals surface area (Å²) in [6, 6.07) is 10.7. The van der Waals surface area contributed by atoms with E-state index < -0.39 is 0 Å². The van der Waals surface area contributed by atoms with Crippen molar-refractivity contribution in [2.75, 3.05) is 7.11 Å². The van der Waals surface area contributed by atoms with Crippen LogP contribution in [0.2, 0.25) is 0 Å². The van der Waals surface area contributed by atoms with Crippen LogP contribution in [0, 0.1) is 6.07 Å². The first-order valence-electron chi connectivity index (χ1n) is 2.87. The van der Waals surface area contributed by atoms with Gasteiger partial charge in [0.25, 0.3) is 0 Å². The first kappa shape index (κ1) is 14.0. The minimum Gasteiger partial charge on any atom is -1.00 e. The molecule has 0 fully saturated rings. The number of ether oxygens (including phenoxy) is 1. The second-order valence-electron chi connectivity index (χ2n) is 1.84. The van der Waals surface area contributed by atoms with E-state index in [1.807, 2.05) is 24.3 Å². The Bertz CT molecular complexity index is 167. The van der Waals surface area contributed by atoms with E-state index in [4.69, 9.17) is 4.74 Å². The Morgan fingerprint density at radius 1 is 1.55 bits per heavy atom. The number of hydrogen-bond acceptors (Lipinski definition) is 1. The van der Waals surface area contributed by atoms with Gasteiger partial charge in [-0.3, -0.25) is 0 Å². The summed E-state index contributed by atoms with van der Waals surface area (Å²) in [6.07, 6.45) is 0. The molecule has 0 atom stereocenters. The molecule has 0 saturated heterocycles. The first-order valence-corrected chi connectivity index (χ1v) is 2.87. The van der Waals surface area contributed by atoms with Gasteiger partial charge in [-0.1, -0.05) is 0 Å². The van der Waals surface area contributed by atoms with Gasteiger partial charge in [0.1, 0.15) is 0 Å². The molecule has 0 bridgehead atoms. The Kier molecular flexibility index (Phi) is 10.8. The molecule has 0 heterocycles. The molecule has 0 aliphatic carbocycles. The zero-order valence-electron chi connectivity index (χ0n) is 6.51. The zero-order chi connectivity index (χ0) is 6.53. The van der Waals surface area contributed by atoms with Gasteiger partial charge < -0.3 is 21.7 Å². The summed E-state index contributed by atoms with van der Waals surface area (Å²) < 4.78 is 4.91. The van der Waals surface area contributed by atoms with Gasteiger partial charge in [-0.2, -0.15) is 30.3 Å². The number of benzene rings is 1. The van der Waals surface area contributed by atoms with E-state index in [-0.39, 0.29) is 40.0 Å². The van der Waals surface area contributed by atoms with Gasteiger partial charge in [0, 0.05) is 13.7 Å². The molecular weight excluding hydrogens is 216 g/mol. The average molecular weight is 225 g/mol. The summed E-state index contributed by atoms with van der Waals surface area (Å²) in [7, 11) is 1.69. The van der Waals surface area contributed by atoms with Crippen LogP contribution in [-0.4, -0.2) is 30.2 Å². The van der Waals surface area contributed by atoms with Crippen molar-refractivity contribution in [1.29, 1.82) is 0 Å². The quantitative estimate of drug-likeness (QED) is 0.429. The topological polar surface area (TPSA) is 9.23 Å². The van der Waals surface area contributed by atoms with E-state index in [9.17, 15) is 0 Å². The van der Waals surface area contributed by atoms with Crippen molar-refractivity contribution in [1.82, 2.24) is 0 Å². The fourth-order valence-corrected chi connectivity index (χ4v) is 0.687. The van der Waals surface area contributed by atoms with Crippen molar-refractivity contribution >= 4 is 23.1 Å². The van der Waals surface area contributed by atoms with Gasteiger partial charge in [-0.15, -0.1) is 5.56 Å². The van der Waals surface area contributed by atoms with Crippen molar-refractivity contribution in [3.05, 3.63) is 35.9 Å². The standard InChI is InChI=1S/C8H9O.BrH.Mg/c1-9-7-8-5-3-2-4-6-8;;/h2-3,5-6H,7H2,1H3;1H;/q-1;;+2/p-1. The summed E-state index contributed by atoms with van der Waals surface area (Å²) in [5, 5.41) is 0. The van der Waals surface area contributed by atoms with Crippen molar-refractivity contribution in [2.24, 2.45) is 0 Å². The van der Waals surface area contributed by atoms with Crippen LogP contribution in [0.3, 0.4) is 0 Å². The van der Waals surface area contributed by atoms with Gasteiger partial charge in [-0.05, 0) is 0 Å². The molecule has 1 rings (SSSR count). The molecule has 56 valence electrons. The molecule has 0 amide bonds. The molecule has 1 aromatic carbocycles. The number of halogens is 1. The molecule has 0 aliphatic heterocycles. The molecule has 0 spiro atoms. The SMILES string of the molecule is COCc1c[c-]ccc1.[Br-].[Mg+2]. The summed E-state index contributed by atoms with van der Waals surface area (Å²) in [6.45, 7) is 0.678. The molecule has 0 N–H and O–H groups in total. The Morgan fingerprint density at radius 3 is 2.73 bits per heavy atom. The van der Waals surface area contributed by atoms with Crippen LogP contribution >= 0.6 is 0 Å². The van der Waals surface area contributed by atoms with E-state index >= 15 is 0 Å². The fourth-order valence-electron chi connectivity index (χ4n) is 0.687. The predicted molar refractivity (Wildman–Crippen MR) is 41.7 cm³/mol. The third kappa shape index (κ3) is 5.67. The van der Waals surface area contributed by atoms with E-state index in [1.54, 1.807) is 7.11 Å². The van der Waals surface area contributed by atoms with Crippen molar-refractivity contribution in [2.45, 2.75) is 6.61 Å².